The van der Waals surface area contributed by atoms with Gasteiger partial charge in [-0.3, -0.25) is 9.69 Å². The maximum atomic E-state index is 12.8. The Hall–Kier alpha value is -1.62. The molecule has 0 aliphatic rings. The van der Waals surface area contributed by atoms with E-state index >= 15 is 0 Å². The zero-order valence-electron chi connectivity index (χ0n) is 8.27. The highest BCUT2D eigenvalue weighted by atomic mass is 19.1. The molecule has 0 heterocycles. The molecule has 5 heteroatoms. The summed E-state index contributed by atoms with van der Waals surface area (Å²) in [6.45, 7) is 0.0336. The Morgan fingerprint density at radius 3 is 2.80 bits per heavy atom. The van der Waals surface area contributed by atoms with Gasteiger partial charge in [-0.1, -0.05) is 0 Å². The van der Waals surface area contributed by atoms with Crippen LogP contribution in [0.2, 0.25) is 0 Å². The monoisotopic (exact) mass is 213 g/mol. The van der Waals surface area contributed by atoms with Crippen molar-refractivity contribution < 1.29 is 19.4 Å². The van der Waals surface area contributed by atoms with Crippen LogP contribution in [0.3, 0.4) is 0 Å². The van der Waals surface area contributed by atoms with Gasteiger partial charge in [-0.2, -0.15) is 0 Å². The summed E-state index contributed by atoms with van der Waals surface area (Å²) in [5, 5.41) is 17.9. The van der Waals surface area contributed by atoms with Gasteiger partial charge < -0.3 is 10.2 Å². The van der Waals surface area contributed by atoms with Crippen LogP contribution in [0.1, 0.15) is 5.56 Å². The second-order valence-corrected chi connectivity index (χ2v) is 3.34. The third-order valence-electron chi connectivity index (χ3n) is 1.89. The summed E-state index contributed by atoms with van der Waals surface area (Å²) in [5.41, 5.74) is 0.374. The molecular weight excluding hydrogens is 201 g/mol. The lowest BCUT2D eigenvalue weighted by atomic mass is 10.2. The van der Waals surface area contributed by atoms with Gasteiger partial charge in [0.15, 0.2) is 0 Å². The van der Waals surface area contributed by atoms with E-state index in [4.69, 9.17) is 5.11 Å². The fraction of sp³-hybridized carbons (Fsp3) is 0.300. The lowest BCUT2D eigenvalue weighted by molar-refractivity contribution is -0.138. The molecule has 0 bridgehead atoms. The van der Waals surface area contributed by atoms with Crippen LogP contribution < -0.4 is 0 Å². The average Bonchev–Trinajstić information content (AvgIpc) is 2.10. The van der Waals surface area contributed by atoms with Crippen molar-refractivity contribution in [2.75, 3.05) is 13.6 Å². The number of nitrogens with zero attached hydrogens (tertiary/aromatic N) is 1. The van der Waals surface area contributed by atoms with E-state index in [-0.39, 0.29) is 18.8 Å². The van der Waals surface area contributed by atoms with Crippen LogP contribution >= 0.6 is 0 Å². The normalized spacial score (nSPS) is 10.6. The van der Waals surface area contributed by atoms with Gasteiger partial charge in [0.25, 0.3) is 0 Å². The Morgan fingerprint density at radius 2 is 2.20 bits per heavy atom. The Bertz CT molecular complexity index is 368. The minimum Gasteiger partial charge on any atom is -0.508 e. The third-order valence-corrected chi connectivity index (χ3v) is 1.89. The molecule has 1 aromatic carbocycles. The molecule has 1 aromatic rings. The minimum atomic E-state index is -0.964. The highest BCUT2D eigenvalue weighted by Crippen LogP contribution is 2.18. The second kappa shape index (κ2) is 4.75. The Kier molecular flexibility index (Phi) is 3.62. The number of carboxylic acids is 1. The molecular formula is C10H12FNO3. The van der Waals surface area contributed by atoms with Crippen molar-refractivity contribution in [1.29, 1.82) is 0 Å². The number of likely N-dealkylation sites (N-methyl/N-ethyl adjacent to an activating group) is 1. The molecule has 0 atom stereocenters. The zero-order chi connectivity index (χ0) is 11.4. The number of rotatable bonds is 4. The molecule has 2 N–H and O–H groups in total. The van der Waals surface area contributed by atoms with Gasteiger partial charge in [-0.15, -0.1) is 0 Å². The first-order chi connectivity index (χ1) is 6.99. The van der Waals surface area contributed by atoms with Crippen molar-refractivity contribution in [1.82, 2.24) is 4.90 Å². The van der Waals surface area contributed by atoms with Crippen LogP contribution in [0.5, 0.6) is 5.75 Å². The van der Waals surface area contributed by atoms with E-state index in [1.165, 1.54) is 17.0 Å². The smallest absolute Gasteiger partial charge is 0.317 e. The van der Waals surface area contributed by atoms with Gasteiger partial charge in [0.05, 0.1) is 6.54 Å². The zero-order valence-corrected chi connectivity index (χ0v) is 8.27. The molecule has 1 rings (SSSR count). The number of phenols is 1. The molecule has 82 valence electrons. The van der Waals surface area contributed by atoms with Crippen molar-refractivity contribution in [3.63, 3.8) is 0 Å². The van der Waals surface area contributed by atoms with E-state index < -0.39 is 11.8 Å². The summed E-state index contributed by atoms with van der Waals surface area (Å²) in [4.78, 5) is 11.8. The number of halogens is 1. The number of carbonyl (C=O) groups is 1. The largest absolute Gasteiger partial charge is 0.508 e. The summed E-state index contributed by atoms with van der Waals surface area (Å²) in [6, 6.07) is 3.59. The van der Waals surface area contributed by atoms with Gasteiger partial charge in [-0.25, -0.2) is 4.39 Å². The summed E-state index contributed by atoms with van der Waals surface area (Å²) in [7, 11) is 1.58. The maximum absolute atomic E-state index is 12.8. The predicted octanol–water partition coefficient (Wildman–Crippen LogP) is 1.05. The van der Waals surface area contributed by atoms with E-state index in [0.29, 0.717) is 5.56 Å². The van der Waals surface area contributed by atoms with E-state index in [2.05, 4.69) is 0 Å². The number of carboxylic acid groups (broad SMARTS) is 1. The van der Waals surface area contributed by atoms with Crippen LogP contribution in [0.15, 0.2) is 18.2 Å². The molecule has 0 radical (unpaired) electrons. The van der Waals surface area contributed by atoms with Crippen molar-refractivity contribution >= 4 is 5.97 Å². The fourth-order valence-corrected chi connectivity index (χ4v) is 1.26. The molecule has 0 aliphatic heterocycles. The fourth-order valence-electron chi connectivity index (χ4n) is 1.26. The molecule has 0 saturated carbocycles. The molecule has 4 nitrogen and oxygen atoms in total. The van der Waals surface area contributed by atoms with Crippen LogP contribution in [0.25, 0.3) is 0 Å². The maximum Gasteiger partial charge on any atom is 0.317 e. The summed E-state index contributed by atoms with van der Waals surface area (Å²) < 4.78 is 12.8. The topological polar surface area (TPSA) is 60.8 Å². The third kappa shape index (κ3) is 3.55. The Morgan fingerprint density at radius 1 is 1.53 bits per heavy atom. The Labute approximate surface area is 86.6 Å². The van der Waals surface area contributed by atoms with Crippen LogP contribution in [0.4, 0.5) is 4.39 Å². The van der Waals surface area contributed by atoms with Gasteiger partial charge in [0.2, 0.25) is 0 Å². The summed E-state index contributed by atoms with van der Waals surface area (Å²) in [5.74, 6) is -1.45. The molecule has 15 heavy (non-hydrogen) atoms. The Balaban J connectivity index is 2.71. The van der Waals surface area contributed by atoms with Gasteiger partial charge >= 0.3 is 5.97 Å². The number of aliphatic carboxylic acids is 1. The van der Waals surface area contributed by atoms with E-state index in [9.17, 15) is 14.3 Å². The van der Waals surface area contributed by atoms with Crippen LogP contribution in [-0.4, -0.2) is 34.7 Å². The standard InChI is InChI=1S/C10H12FNO3/c1-12(6-10(14)15)5-7-4-8(11)2-3-9(7)13/h2-4,13H,5-6H2,1H3,(H,14,15). The van der Waals surface area contributed by atoms with E-state index in [1.807, 2.05) is 0 Å². The molecule has 0 aliphatic carbocycles. The highest BCUT2D eigenvalue weighted by Gasteiger charge is 2.08. The van der Waals surface area contributed by atoms with Crippen molar-refractivity contribution in [2.45, 2.75) is 6.54 Å². The van der Waals surface area contributed by atoms with Crippen LogP contribution in [-0.2, 0) is 11.3 Å². The SMILES string of the molecule is CN(CC(=O)O)Cc1cc(F)ccc1O. The highest BCUT2D eigenvalue weighted by molar-refractivity contribution is 5.69. The first kappa shape index (κ1) is 11.5. The van der Waals surface area contributed by atoms with Crippen molar-refractivity contribution in [3.05, 3.63) is 29.6 Å². The molecule has 0 spiro atoms. The minimum absolute atomic E-state index is 0.0337. The van der Waals surface area contributed by atoms with Crippen molar-refractivity contribution in [2.24, 2.45) is 0 Å². The van der Waals surface area contributed by atoms with Crippen molar-refractivity contribution in [3.8, 4) is 5.75 Å². The predicted molar refractivity (Wildman–Crippen MR) is 52.0 cm³/mol. The molecule has 0 fully saturated rings. The van der Waals surface area contributed by atoms with Gasteiger partial charge in [0.1, 0.15) is 11.6 Å². The summed E-state index contributed by atoms with van der Waals surface area (Å²) in [6.07, 6.45) is 0. The average molecular weight is 213 g/mol. The number of hydrogen-bond acceptors (Lipinski definition) is 3. The van der Waals surface area contributed by atoms with E-state index in [0.717, 1.165) is 6.07 Å². The number of benzene rings is 1. The first-order valence-electron chi connectivity index (χ1n) is 4.37. The lowest BCUT2D eigenvalue weighted by Gasteiger charge is -2.14. The molecule has 0 aromatic heterocycles. The van der Waals surface area contributed by atoms with Gasteiger partial charge in [-0.05, 0) is 25.2 Å². The van der Waals surface area contributed by atoms with Gasteiger partial charge in [0, 0.05) is 12.1 Å². The number of hydrogen-bond donors (Lipinski definition) is 2. The van der Waals surface area contributed by atoms with E-state index in [1.54, 1.807) is 7.05 Å². The molecule has 0 amide bonds. The quantitative estimate of drug-likeness (QED) is 0.784. The second-order valence-electron chi connectivity index (χ2n) is 3.34. The summed E-state index contributed by atoms with van der Waals surface area (Å²) >= 11 is 0. The molecule has 0 saturated heterocycles. The number of aromatic hydroxyl groups is 1. The molecule has 0 unspecified atom stereocenters. The number of phenolic OH excluding ortho intramolecular Hbond substituents is 1. The van der Waals surface area contributed by atoms with Crippen LogP contribution in [0, 0.1) is 5.82 Å². The lowest BCUT2D eigenvalue weighted by Crippen LogP contribution is -2.25. The first-order valence-corrected chi connectivity index (χ1v) is 4.37.